The first-order valence-corrected chi connectivity index (χ1v) is 7.73. The minimum Gasteiger partial charge on any atom is -0.298 e. The largest absolute Gasteiger partial charge is 0.298 e. The van der Waals surface area contributed by atoms with Crippen LogP contribution < -0.4 is 0 Å². The molecule has 1 saturated carbocycles. The van der Waals surface area contributed by atoms with Crippen molar-refractivity contribution in [2.24, 2.45) is 5.92 Å². The molecule has 0 aliphatic heterocycles. The van der Waals surface area contributed by atoms with E-state index in [0.717, 1.165) is 17.2 Å². The van der Waals surface area contributed by atoms with Crippen molar-refractivity contribution in [2.75, 3.05) is 11.5 Å². The van der Waals surface area contributed by atoms with Crippen LogP contribution >= 0.6 is 11.8 Å². The molecule has 0 radical (unpaired) electrons. The van der Waals surface area contributed by atoms with Crippen LogP contribution in [0.5, 0.6) is 0 Å². The SMILES string of the molecule is O=C(CSCC1CCCC1)Cc1ccc(F)cc1. The zero-order valence-electron chi connectivity index (χ0n) is 10.5. The minimum atomic E-state index is -0.248. The van der Waals surface area contributed by atoms with Crippen molar-refractivity contribution in [3.63, 3.8) is 0 Å². The summed E-state index contributed by atoms with van der Waals surface area (Å²) in [6.45, 7) is 0. The van der Waals surface area contributed by atoms with Gasteiger partial charge in [-0.3, -0.25) is 4.79 Å². The number of hydrogen-bond acceptors (Lipinski definition) is 2. The van der Waals surface area contributed by atoms with E-state index in [1.807, 2.05) is 0 Å². The van der Waals surface area contributed by atoms with Crippen molar-refractivity contribution in [1.29, 1.82) is 0 Å². The van der Waals surface area contributed by atoms with Gasteiger partial charge >= 0.3 is 0 Å². The monoisotopic (exact) mass is 266 g/mol. The highest BCUT2D eigenvalue weighted by Crippen LogP contribution is 2.27. The minimum absolute atomic E-state index is 0.240. The number of hydrogen-bond donors (Lipinski definition) is 0. The summed E-state index contributed by atoms with van der Waals surface area (Å²) in [4.78, 5) is 11.8. The van der Waals surface area contributed by atoms with Crippen LogP contribution in [0.3, 0.4) is 0 Å². The van der Waals surface area contributed by atoms with Gasteiger partial charge in [0.15, 0.2) is 0 Å². The summed E-state index contributed by atoms with van der Waals surface area (Å²) in [5, 5.41) is 0. The molecule has 98 valence electrons. The maximum atomic E-state index is 12.7. The van der Waals surface area contributed by atoms with Gasteiger partial charge in [-0.1, -0.05) is 25.0 Å². The van der Waals surface area contributed by atoms with Crippen LogP contribution in [0.4, 0.5) is 4.39 Å². The van der Waals surface area contributed by atoms with Crippen molar-refractivity contribution in [1.82, 2.24) is 0 Å². The number of rotatable bonds is 6. The molecule has 0 N–H and O–H groups in total. The fourth-order valence-corrected chi connectivity index (χ4v) is 3.51. The third kappa shape index (κ3) is 4.45. The van der Waals surface area contributed by atoms with Crippen LogP contribution in [-0.2, 0) is 11.2 Å². The lowest BCUT2D eigenvalue weighted by Crippen LogP contribution is -2.08. The molecule has 0 aromatic heterocycles. The molecule has 0 atom stereocenters. The molecule has 1 aromatic carbocycles. The Morgan fingerprint density at radius 3 is 2.56 bits per heavy atom. The van der Waals surface area contributed by atoms with E-state index in [-0.39, 0.29) is 11.6 Å². The van der Waals surface area contributed by atoms with E-state index in [2.05, 4.69) is 0 Å². The fraction of sp³-hybridized carbons (Fsp3) is 0.533. The van der Waals surface area contributed by atoms with Gasteiger partial charge in [0.1, 0.15) is 11.6 Å². The molecular weight excluding hydrogens is 247 g/mol. The smallest absolute Gasteiger partial charge is 0.147 e. The molecule has 18 heavy (non-hydrogen) atoms. The summed E-state index contributed by atoms with van der Waals surface area (Å²) in [6.07, 6.45) is 5.81. The molecule has 1 fully saturated rings. The molecule has 0 heterocycles. The third-order valence-corrected chi connectivity index (χ3v) is 4.64. The fourth-order valence-electron chi connectivity index (χ4n) is 2.40. The lowest BCUT2D eigenvalue weighted by molar-refractivity contribution is -0.116. The average Bonchev–Trinajstić information content (AvgIpc) is 2.85. The molecule has 2 rings (SSSR count). The van der Waals surface area contributed by atoms with E-state index in [1.165, 1.54) is 37.8 Å². The molecule has 1 nitrogen and oxygen atoms in total. The molecular formula is C15H19FOS. The Balaban J connectivity index is 1.66. The Hall–Kier alpha value is -0.830. The Morgan fingerprint density at radius 1 is 1.22 bits per heavy atom. The Labute approximate surface area is 112 Å². The van der Waals surface area contributed by atoms with Gasteiger partial charge in [-0.05, 0) is 42.2 Å². The van der Waals surface area contributed by atoms with E-state index in [1.54, 1.807) is 23.9 Å². The van der Waals surface area contributed by atoms with E-state index < -0.39 is 0 Å². The number of thioether (sulfide) groups is 1. The van der Waals surface area contributed by atoms with Crippen LogP contribution in [0.15, 0.2) is 24.3 Å². The maximum absolute atomic E-state index is 12.7. The summed E-state index contributed by atoms with van der Waals surface area (Å²) in [6, 6.07) is 6.20. The zero-order valence-corrected chi connectivity index (χ0v) is 11.3. The number of carbonyl (C=O) groups is 1. The molecule has 0 spiro atoms. The van der Waals surface area contributed by atoms with Gasteiger partial charge in [0.05, 0.1) is 5.75 Å². The average molecular weight is 266 g/mol. The van der Waals surface area contributed by atoms with Crippen LogP contribution in [-0.4, -0.2) is 17.3 Å². The van der Waals surface area contributed by atoms with E-state index in [9.17, 15) is 9.18 Å². The molecule has 0 saturated heterocycles. The quantitative estimate of drug-likeness (QED) is 0.777. The first-order valence-electron chi connectivity index (χ1n) is 6.58. The highest BCUT2D eigenvalue weighted by atomic mass is 32.2. The summed E-state index contributed by atoms with van der Waals surface area (Å²) < 4.78 is 12.7. The second-order valence-electron chi connectivity index (χ2n) is 5.01. The molecule has 0 bridgehead atoms. The normalized spacial score (nSPS) is 16.1. The van der Waals surface area contributed by atoms with Gasteiger partial charge in [0.25, 0.3) is 0 Å². The highest BCUT2D eigenvalue weighted by Gasteiger charge is 2.15. The first-order chi connectivity index (χ1) is 8.74. The highest BCUT2D eigenvalue weighted by molar-refractivity contribution is 7.99. The molecule has 1 aliphatic carbocycles. The van der Waals surface area contributed by atoms with Crippen LogP contribution in [0.2, 0.25) is 0 Å². The van der Waals surface area contributed by atoms with Gasteiger partial charge < -0.3 is 0 Å². The van der Waals surface area contributed by atoms with Crippen LogP contribution in [0.1, 0.15) is 31.2 Å². The van der Waals surface area contributed by atoms with Gasteiger partial charge in [-0.15, -0.1) is 0 Å². The molecule has 3 heteroatoms. The van der Waals surface area contributed by atoms with Crippen LogP contribution in [0.25, 0.3) is 0 Å². The van der Waals surface area contributed by atoms with E-state index in [0.29, 0.717) is 12.2 Å². The van der Waals surface area contributed by atoms with Gasteiger partial charge in [0.2, 0.25) is 0 Å². The summed E-state index contributed by atoms with van der Waals surface area (Å²) >= 11 is 1.76. The first kappa shape index (κ1) is 13.6. The Kier molecular flexibility index (Phi) is 5.24. The van der Waals surface area contributed by atoms with Gasteiger partial charge in [0, 0.05) is 6.42 Å². The predicted molar refractivity (Wildman–Crippen MR) is 74.4 cm³/mol. The van der Waals surface area contributed by atoms with Gasteiger partial charge in [-0.2, -0.15) is 11.8 Å². The predicted octanol–water partition coefficient (Wildman–Crippen LogP) is 3.86. The zero-order chi connectivity index (χ0) is 12.8. The Bertz CT molecular complexity index is 382. The van der Waals surface area contributed by atoms with Crippen LogP contribution in [0, 0.1) is 11.7 Å². The lowest BCUT2D eigenvalue weighted by atomic mass is 10.1. The second kappa shape index (κ2) is 6.93. The maximum Gasteiger partial charge on any atom is 0.147 e. The van der Waals surface area contributed by atoms with E-state index >= 15 is 0 Å². The number of benzene rings is 1. The van der Waals surface area contributed by atoms with Crippen molar-refractivity contribution in [2.45, 2.75) is 32.1 Å². The number of ketones is 1. The molecule has 1 aromatic rings. The standard InChI is InChI=1S/C15H19FOS/c16-14-7-5-12(6-8-14)9-15(17)11-18-10-13-3-1-2-4-13/h5-8,13H,1-4,9-11H2. The van der Waals surface area contributed by atoms with E-state index in [4.69, 9.17) is 0 Å². The van der Waals surface area contributed by atoms with Crippen molar-refractivity contribution >= 4 is 17.5 Å². The lowest BCUT2D eigenvalue weighted by Gasteiger charge is -2.07. The number of halogens is 1. The number of Topliss-reactive ketones (excluding diaryl/α,β-unsaturated/α-hetero) is 1. The molecule has 1 aliphatic rings. The Morgan fingerprint density at radius 2 is 1.89 bits per heavy atom. The second-order valence-corrected chi connectivity index (χ2v) is 6.04. The summed E-state index contributed by atoms with van der Waals surface area (Å²) in [5.41, 5.74) is 0.905. The molecule has 0 amide bonds. The van der Waals surface area contributed by atoms with Gasteiger partial charge in [-0.25, -0.2) is 4.39 Å². The third-order valence-electron chi connectivity index (χ3n) is 3.41. The van der Waals surface area contributed by atoms with Crippen molar-refractivity contribution in [3.8, 4) is 0 Å². The molecule has 0 unspecified atom stereocenters. The summed E-state index contributed by atoms with van der Waals surface area (Å²) in [7, 11) is 0. The van der Waals surface area contributed by atoms with Crippen molar-refractivity contribution < 1.29 is 9.18 Å². The topological polar surface area (TPSA) is 17.1 Å². The summed E-state index contributed by atoms with van der Waals surface area (Å²) in [5.74, 6) is 2.53. The number of carbonyl (C=O) groups excluding carboxylic acids is 1. The van der Waals surface area contributed by atoms with Crippen molar-refractivity contribution in [3.05, 3.63) is 35.6 Å².